The third-order valence-electron chi connectivity index (χ3n) is 6.30. The lowest BCUT2D eigenvalue weighted by atomic mass is 9.95. The minimum absolute atomic E-state index is 0.0317. The number of likely N-dealkylation sites (tertiary alicyclic amines) is 1. The summed E-state index contributed by atoms with van der Waals surface area (Å²) in [4.78, 5) is 34.2. The number of nitrogens with zero attached hydrogens (tertiary/aromatic N) is 3. The van der Waals surface area contributed by atoms with Gasteiger partial charge >= 0.3 is 0 Å². The Morgan fingerprint density at radius 3 is 2.53 bits per heavy atom. The predicted molar refractivity (Wildman–Crippen MR) is 116 cm³/mol. The number of unbranched alkanes of at least 4 members (excludes halogenated alkanes) is 1. The number of benzene rings is 1. The first-order chi connectivity index (χ1) is 14.6. The van der Waals surface area contributed by atoms with Crippen molar-refractivity contribution in [1.82, 2.24) is 20.1 Å². The summed E-state index contributed by atoms with van der Waals surface area (Å²) in [5.41, 5.74) is 1.29. The average molecular weight is 407 g/mol. The number of amides is 2. The summed E-state index contributed by atoms with van der Waals surface area (Å²) in [5, 5.41) is 3.69. The molecule has 1 atom stereocenters. The molecule has 1 unspecified atom stereocenters. The Morgan fingerprint density at radius 1 is 1.13 bits per heavy atom. The molecule has 6 heteroatoms. The van der Waals surface area contributed by atoms with Gasteiger partial charge in [0.1, 0.15) is 5.69 Å². The fourth-order valence-electron chi connectivity index (χ4n) is 4.64. The Kier molecular flexibility index (Phi) is 6.13. The normalized spacial score (nSPS) is 20.7. The number of carbonyl (C=O) groups is 2. The van der Waals surface area contributed by atoms with Gasteiger partial charge in [0.05, 0.1) is 11.7 Å². The fraction of sp³-hybridized carbons (Fsp3) is 0.458. The second-order valence-electron chi connectivity index (χ2n) is 8.27. The van der Waals surface area contributed by atoms with E-state index in [2.05, 4.69) is 34.3 Å². The Bertz CT molecular complexity index is 863. The Labute approximate surface area is 178 Å². The highest BCUT2D eigenvalue weighted by atomic mass is 16.2. The van der Waals surface area contributed by atoms with Gasteiger partial charge in [-0.3, -0.25) is 19.9 Å². The van der Waals surface area contributed by atoms with Crippen LogP contribution in [0.4, 0.5) is 0 Å². The van der Waals surface area contributed by atoms with E-state index in [0.717, 1.165) is 32.2 Å². The fourth-order valence-corrected chi connectivity index (χ4v) is 4.64. The van der Waals surface area contributed by atoms with Crippen molar-refractivity contribution < 1.29 is 9.59 Å². The van der Waals surface area contributed by atoms with Crippen LogP contribution in [0.2, 0.25) is 0 Å². The maximum Gasteiger partial charge on any atom is 0.272 e. The van der Waals surface area contributed by atoms with E-state index < -0.39 is 0 Å². The highest BCUT2D eigenvalue weighted by molar-refractivity contribution is 5.92. The molecule has 0 bridgehead atoms. The number of pyridine rings is 1. The van der Waals surface area contributed by atoms with Crippen molar-refractivity contribution in [2.45, 2.75) is 50.7 Å². The number of aromatic nitrogens is 1. The van der Waals surface area contributed by atoms with Crippen molar-refractivity contribution in [1.29, 1.82) is 0 Å². The summed E-state index contributed by atoms with van der Waals surface area (Å²) in [7, 11) is 0. The Morgan fingerprint density at radius 2 is 1.87 bits per heavy atom. The predicted octanol–water partition coefficient (Wildman–Crippen LogP) is 2.86. The minimum atomic E-state index is -0.355. The van der Waals surface area contributed by atoms with Crippen LogP contribution in [0, 0.1) is 0 Å². The first kappa shape index (κ1) is 20.5. The minimum Gasteiger partial charge on any atom is -0.337 e. The number of piperidine rings is 1. The molecule has 6 nitrogen and oxygen atoms in total. The number of rotatable bonds is 6. The zero-order valence-corrected chi connectivity index (χ0v) is 17.6. The molecule has 2 aliphatic heterocycles. The topological polar surface area (TPSA) is 65.5 Å². The third kappa shape index (κ3) is 4.10. The van der Waals surface area contributed by atoms with Crippen molar-refractivity contribution in [3.63, 3.8) is 0 Å². The summed E-state index contributed by atoms with van der Waals surface area (Å²) < 4.78 is 0. The van der Waals surface area contributed by atoms with Gasteiger partial charge in [0.15, 0.2) is 0 Å². The zero-order valence-electron chi connectivity index (χ0n) is 17.6. The van der Waals surface area contributed by atoms with Gasteiger partial charge in [0, 0.05) is 38.7 Å². The second kappa shape index (κ2) is 8.96. The van der Waals surface area contributed by atoms with E-state index in [1.165, 1.54) is 5.56 Å². The molecular formula is C24H30N4O2. The number of nitrogens with one attached hydrogen (secondary N) is 1. The molecule has 2 fully saturated rings. The number of hydrogen-bond donors (Lipinski definition) is 1. The molecule has 1 N–H and O–H groups in total. The SMILES string of the molecule is CCCCN1C(=O)C(Cc2ccccc2)NC12CCN(C(=O)c1ccccn1)CC2. The van der Waals surface area contributed by atoms with Gasteiger partial charge in [-0.2, -0.15) is 0 Å². The molecule has 2 amide bonds. The van der Waals surface area contributed by atoms with Crippen molar-refractivity contribution in [3.05, 3.63) is 66.0 Å². The van der Waals surface area contributed by atoms with Crippen molar-refractivity contribution in [2.75, 3.05) is 19.6 Å². The first-order valence-corrected chi connectivity index (χ1v) is 11.0. The van der Waals surface area contributed by atoms with Gasteiger partial charge in [-0.1, -0.05) is 49.7 Å². The highest BCUT2D eigenvalue weighted by Gasteiger charge is 2.51. The molecule has 1 aromatic carbocycles. The van der Waals surface area contributed by atoms with Crippen LogP contribution < -0.4 is 5.32 Å². The molecular weight excluding hydrogens is 376 g/mol. The molecule has 0 radical (unpaired) electrons. The van der Waals surface area contributed by atoms with E-state index in [0.29, 0.717) is 25.2 Å². The van der Waals surface area contributed by atoms with Crippen LogP contribution in [-0.2, 0) is 11.2 Å². The molecule has 2 aromatic rings. The Balaban J connectivity index is 1.48. The average Bonchev–Trinajstić information content (AvgIpc) is 3.04. The Hall–Kier alpha value is -2.73. The van der Waals surface area contributed by atoms with Gasteiger partial charge in [-0.15, -0.1) is 0 Å². The summed E-state index contributed by atoms with van der Waals surface area (Å²) in [6, 6.07) is 15.4. The van der Waals surface area contributed by atoms with E-state index >= 15 is 0 Å². The highest BCUT2D eigenvalue weighted by Crippen LogP contribution is 2.34. The van der Waals surface area contributed by atoms with Crippen LogP contribution in [0.25, 0.3) is 0 Å². The summed E-state index contributed by atoms with van der Waals surface area (Å²) in [5.74, 6) is 0.160. The van der Waals surface area contributed by atoms with E-state index in [9.17, 15) is 9.59 Å². The standard InChI is InChI=1S/C24H30N4O2/c1-2-3-15-28-23(30)21(18-19-9-5-4-6-10-19)26-24(28)12-16-27(17-13-24)22(29)20-11-7-8-14-25-20/h4-11,14,21,26H,2-3,12-13,15-18H2,1H3. The van der Waals surface area contributed by atoms with E-state index in [-0.39, 0.29) is 23.5 Å². The van der Waals surface area contributed by atoms with Gasteiger partial charge in [0.2, 0.25) is 5.91 Å². The molecule has 0 aliphatic carbocycles. The van der Waals surface area contributed by atoms with Crippen LogP contribution in [0.15, 0.2) is 54.7 Å². The summed E-state index contributed by atoms with van der Waals surface area (Å²) >= 11 is 0. The molecule has 1 aromatic heterocycles. The molecule has 2 saturated heterocycles. The van der Waals surface area contributed by atoms with Gasteiger partial charge in [-0.25, -0.2) is 0 Å². The number of hydrogen-bond acceptors (Lipinski definition) is 4. The molecule has 0 saturated carbocycles. The monoisotopic (exact) mass is 406 g/mol. The van der Waals surface area contributed by atoms with E-state index in [4.69, 9.17) is 0 Å². The molecule has 4 rings (SSSR count). The molecule has 3 heterocycles. The molecule has 158 valence electrons. The largest absolute Gasteiger partial charge is 0.337 e. The zero-order chi connectivity index (χ0) is 21.0. The first-order valence-electron chi connectivity index (χ1n) is 11.0. The maximum absolute atomic E-state index is 13.3. The molecule has 1 spiro atoms. The lowest BCUT2D eigenvalue weighted by Crippen LogP contribution is -2.59. The summed E-state index contributed by atoms with van der Waals surface area (Å²) in [6.07, 6.45) is 5.87. The summed E-state index contributed by atoms with van der Waals surface area (Å²) in [6.45, 7) is 4.16. The van der Waals surface area contributed by atoms with Crippen molar-refractivity contribution >= 4 is 11.8 Å². The molecule has 2 aliphatic rings. The van der Waals surface area contributed by atoms with Gasteiger partial charge < -0.3 is 9.80 Å². The van der Waals surface area contributed by atoms with Crippen LogP contribution >= 0.6 is 0 Å². The van der Waals surface area contributed by atoms with Crippen LogP contribution in [0.1, 0.15) is 48.7 Å². The van der Waals surface area contributed by atoms with Gasteiger partial charge in [-0.05, 0) is 30.5 Å². The smallest absolute Gasteiger partial charge is 0.272 e. The van der Waals surface area contributed by atoms with Crippen molar-refractivity contribution in [3.8, 4) is 0 Å². The second-order valence-corrected chi connectivity index (χ2v) is 8.27. The van der Waals surface area contributed by atoms with E-state index in [1.54, 1.807) is 12.3 Å². The number of carbonyl (C=O) groups excluding carboxylic acids is 2. The van der Waals surface area contributed by atoms with Crippen LogP contribution in [0.3, 0.4) is 0 Å². The van der Waals surface area contributed by atoms with E-state index in [1.807, 2.05) is 35.2 Å². The van der Waals surface area contributed by atoms with Gasteiger partial charge in [0.25, 0.3) is 5.91 Å². The maximum atomic E-state index is 13.3. The third-order valence-corrected chi connectivity index (χ3v) is 6.30. The lowest BCUT2D eigenvalue weighted by molar-refractivity contribution is -0.133. The van der Waals surface area contributed by atoms with Crippen LogP contribution in [0.5, 0.6) is 0 Å². The quantitative estimate of drug-likeness (QED) is 0.801. The molecule has 30 heavy (non-hydrogen) atoms. The lowest BCUT2D eigenvalue weighted by Gasteiger charge is -2.44. The van der Waals surface area contributed by atoms with Crippen molar-refractivity contribution in [2.24, 2.45) is 0 Å². The van der Waals surface area contributed by atoms with Crippen LogP contribution in [-0.4, -0.2) is 57.9 Å².